The Morgan fingerprint density at radius 3 is 2.84 bits per heavy atom. The second kappa shape index (κ2) is 6.22. The van der Waals surface area contributed by atoms with E-state index < -0.39 is 0 Å². The molecular formula is C15H18N4. The molecule has 0 saturated carbocycles. The summed E-state index contributed by atoms with van der Waals surface area (Å²) in [5.41, 5.74) is 1.68. The monoisotopic (exact) mass is 254 g/mol. The van der Waals surface area contributed by atoms with Gasteiger partial charge in [-0.15, -0.1) is 0 Å². The molecule has 1 aromatic carbocycles. The largest absolute Gasteiger partial charge is 0.369 e. The van der Waals surface area contributed by atoms with Gasteiger partial charge in [-0.3, -0.25) is 0 Å². The zero-order chi connectivity index (χ0) is 13.7. The molecule has 1 heterocycles. The summed E-state index contributed by atoms with van der Waals surface area (Å²) in [6.45, 7) is 4.78. The molecule has 1 aliphatic rings. The molecule has 2 atom stereocenters. The van der Waals surface area contributed by atoms with E-state index in [2.05, 4.69) is 29.3 Å². The van der Waals surface area contributed by atoms with Gasteiger partial charge in [-0.1, -0.05) is 19.1 Å². The minimum Gasteiger partial charge on any atom is -0.369 e. The fourth-order valence-corrected chi connectivity index (χ4v) is 2.50. The number of hydrogen-bond acceptors (Lipinski definition) is 4. The topological polar surface area (TPSA) is 62.9 Å². The molecule has 2 rings (SSSR count). The van der Waals surface area contributed by atoms with Crippen molar-refractivity contribution in [1.82, 2.24) is 5.32 Å². The van der Waals surface area contributed by atoms with Gasteiger partial charge >= 0.3 is 0 Å². The summed E-state index contributed by atoms with van der Waals surface area (Å²) < 4.78 is 0. The Kier molecular flexibility index (Phi) is 4.39. The number of hydrogen-bond donors (Lipinski definition) is 1. The van der Waals surface area contributed by atoms with Crippen LogP contribution in [0, 0.1) is 28.6 Å². The quantitative estimate of drug-likeness (QED) is 0.875. The van der Waals surface area contributed by atoms with Crippen LogP contribution in [-0.2, 0) is 0 Å². The number of para-hydroxylation sites is 1. The van der Waals surface area contributed by atoms with Crippen LogP contribution in [0.5, 0.6) is 0 Å². The standard InChI is InChI=1S/C15H18N4/c1-12-9-18-14(6-7-16)11-19(10-12)15-5-3-2-4-13(15)8-17/h2-5,12,14,18H,6,9-11H2,1H3. The first-order chi connectivity index (χ1) is 9.24. The lowest BCUT2D eigenvalue weighted by molar-refractivity contribution is 0.509. The van der Waals surface area contributed by atoms with Gasteiger partial charge in [-0.05, 0) is 24.6 Å². The molecule has 4 heteroatoms. The van der Waals surface area contributed by atoms with Crippen LogP contribution in [0.1, 0.15) is 18.9 Å². The molecule has 1 aromatic rings. The van der Waals surface area contributed by atoms with Crippen molar-refractivity contribution in [3.63, 3.8) is 0 Å². The summed E-state index contributed by atoms with van der Waals surface area (Å²) in [4.78, 5) is 2.23. The van der Waals surface area contributed by atoms with E-state index in [9.17, 15) is 5.26 Å². The first-order valence-electron chi connectivity index (χ1n) is 6.59. The van der Waals surface area contributed by atoms with Crippen molar-refractivity contribution in [3.8, 4) is 12.1 Å². The molecule has 4 nitrogen and oxygen atoms in total. The van der Waals surface area contributed by atoms with E-state index in [1.807, 2.05) is 24.3 Å². The molecule has 0 radical (unpaired) electrons. The highest BCUT2D eigenvalue weighted by molar-refractivity contribution is 5.59. The summed E-state index contributed by atoms with van der Waals surface area (Å²) >= 11 is 0. The molecule has 0 aliphatic carbocycles. The van der Waals surface area contributed by atoms with Crippen LogP contribution in [0.2, 0.25) is 0 Å². The van der Waals surface area contributed by atoms with E-state index in [-0.39, 0.29) is 6.04 Å². The third-order valence-electron chi connectivity index (χ3n) is 3.43. The van der Waals surface area contributed by atoms with Gasteiger partial charge in [0.2, 0.25) is 0 Å². The summed E-state index contributed by atoms with van der Waals surface area (Å²) in [6, 6.07) is 12.3. The molecule has 1 saturated heterocycles. The average Bonchev–Trinajstić information content (AvgIpc) is 2.61. The number of benzene rings is 1. The van der Waals surface area contributed by atoms with Crippen molar-refractivity contribution < 1.29 is 0 Å². The maximum atomic E-state index is 9.21. The second-order valence-electron chi connectivity index (χ2n) is 5.11. The van der Waals surface area contributed by atoms with E-state index in [0.717, 1.165) is 25.3 Å². The van der Waals surface area contributed by atoms with Crippen molar-refractivity contribution in [1.29, 1.82) is 10.5 Å². The predicted molar refractivity (Wildman–Crippen MR) is 74.6 cm³/mol. The summed E-state index contributed by atoms with van der Waals surface area (Å²) in [5.74, 6) is 0.496. The zero-order valence-electron chi connectivity index (χ0n) is 11.1. The van der Waals surface area contributed by atoms with Gasteiger partial charge in [0, 0.05) is 19.1 Å². The maximum absolute atomic E-state index is 9.21. The Bertz CT molecular complexity index is 512. The minimum atomic E-state index is 0.168. The average molecular weight is 254 g/mol. The maximum Gasteiger partial charge on any atom is 0.101 e. The highest BCUT2D eigenvalue weighted by Crippen LogP contribution is 2.22. The van der Waals surface area contributed by atoms with Gasteiger partial charge in [0.05, 0.1) is 23.7 Å². The van der Waals surface area contributed by atoms with Crippen molar-refractivity contribution in [2.45, 2.75) is 19.4 Å². The Hall–Kier alpha value is -2.04. The molecule has 0 spiro atoms. The first-order valence-corrected chi connectivity index (χ1v) is 6.59. The zero-order valence-corrected chi connectivity index (χ0v) is 11.1. The molecule has 1 N–H and O–H groups in total. The van der Waals surface area contributed by atoms with Gasteiger partial charge in [-0.2, -0.15) is 10.5 Å². The summed E-state index contributed by atoms with van der Waals surface area (Å²) in [6.07, 6.45) is 0.498. The summed E-state index contributed by atoms with van der Waals surface area (Å²) in [5, 5.41) is 21.5. The molecule has 0 bridgehead atoms. The fourth-order valence-electron chi connectivity index (χ4n) is 2.50. The van der Waals surface area contributed by atoms with E-state index in [1.165, 1.54) is 0 Å². The fraction of sp³-hybridized carbons (Fsp3) is 0.467. The Morgan fingerprint density at radius 2 is 2.11 bits per heavy atom. The minimum absolute atomic E-state index is 0.168. The first kappa shape index (κ1) is 13.4. The molecule has 0 amide bonds. The van der Waals surface area contributed by atoms with E-state index >= 15 is 0 Å². The lowest BCUT2D eigenvalue weighted by Gasteiger charge is -2.27. The van der Waals surface area contributed by atoms with E-state index in [1.54, 1.807) is 0 Å². The predicted octanol–water partition coefficient (Wildman–Crippen LogP) is 1.89. The molecule has 2 unspecified atom stereocenters. The van der Waals surface area contributed by atoms with E-state index in [4.69, 9.17) is 5.26 Å². The molecule has 19 heavy (non-hydrogen) atoms. The number of anilines is 1. The highest BCUT2D eigenvalue weighted by atomic mass is 15.2. The van der Waals surface area contributed by atoms with Crippen LogP contribution in [0.15, 0.2) is 24.3 Å². The molecule has 1 aliphatic heterocycles. The van der Waals surface area contributed by atoms with Crippen LogP contribution >= 0.6 is 0 Å². The van der Waals surface area contributed by atoms with Gasteiger partial charge in [0.25, 0.3) is 0 Å². The Labute approximate surface area is 114 Å². The molecular weight excluding hydrogens is 236 g/mol. The van der Waals surface area contributed by atoms with Gasteiger partial charge in [0.1, 0.15) is 6.07 Å². The third kappa shape index (κ3) is 3.24. The molecule has 0 aromatic heterocycles. The Balaban J connectivity index is 2.26. The SMILES string of the molecule is CC1CNC(CC#N)CN(c2ccccc2C#N)C1. The van der Waals surface area contributed by atoms with Gasteiger partial charge < -0.3 is 10.2 Å². The van der Waals surface area contributed by atoms with Crippen LogP contribution < -0.4 is 10.2 Å². The number of nitrogens with zero attached hydrogens (tertiary/aromatic N) is 3. The van der Waals surface area contributed by atoms with Crippen LogP contribution in [0.4, 0.5) is 5.69 Å². The van der Waals surface area contributed by atoms with Gasteiger partial charge in [-0.25, -0.2) is 0 Å². The van der Waals surface area contributed by atoms with Crippen LogP contribution in [0.3, 0.4) is 0 Å². The van der Waals surface area contributed by atoms with Crippen LogP contribution in [0.25, 0.3) is 0 Å². The smallest absolute Gasteiger partial charge is 0.101 e. The number of rotatable bonds is 2. The number of nitriles is 2. The normalized spacial score (nSPS) is 23.2. The lowest BCUT2D eigenvalue weighted by atomic mass is 10.1. The Morgan fingerprint density at radius 1 is 1.32 bits per heavy atom. The second-order valence-corrected chi connectivity index (χ2v) is 5.11. The highest BCUT2D eigenvalue weighted by Gasteiger charge is 2.22. The molecule has 1 fully saturated rings. The lowest BCUT2D eigenvalue weighted by Crippen LogP contribution is -2.37. The van der Waals surface area contributed by atoms with Crippen LogP contribution in [-0.4, -0.2) is 25.7 Å². The van der Waals surface area contributed by atoms with E-state index in [0.29, 0.717) is 17.9 Å². The third-order valence-corrected chi connectivity index (χ3v) is 3.43. The van der Waals surface area contributed by atoms with Crippen molar-refractivity contribution in [2.75, 3.05) is 24.5 Å². The summed E-state index contributed by atoms with van der Waals surface area (Å²) in [7, 11) is 0. The van der Waals surface area contributed by atoms with Gasteiger partial charge in [0.15, 0.2) is 0 Å². The van der Waals surface area contributed by atoms with Crippen molar-refractivity contribution in [3.05, 3.63) is 29.8 Å². The van der Waals surface area contributed by atoms with Crippen molar-refractivity contribution >= 4 is 5.69 Å². The molecule has 98 valence electrons. The van der Waals surface area contributed by atoms with Crippen molar-refractivity contribution in [2.24, 2.45) is 5.92 Å². The number of nitrogens with one attached hydrogen (secondary N) is 1.